The summed E-state index contributed by atoms with van der Waals surface area (Å²) in [6, 6.07) is 2.98. The Kier molecular flexibility index (Phi) is 7.25. The highest BCUT2D eigenvalue weighted by atomic mass is 79.9. The molecule has 1 aromatic carbocycles. The molecule has 1 heterocycles. The fourth-order valence-electron chi connectivity index (χ4n) is 4.02. The van der Waals surface area contributed by atoms with Gasteiger partial charge >= 0.3 is 6.18 Å². The monoisotopic (exact) mass is 462 g/mol. The van der Waals surface area contributed by atoms with E-state index in [0.29, 0.717) is 38.6 Å². The number of nitrogens with zero attached hydrogens (tertiary/aromatic N) is 1. The van der Waals surface area contributed by atoms with Gasteiger partial charge in [-0.15, -0.1) is 0 Å². The molecule has 0 aromatic heterocycles. The summed E-state index contributed by atoms with van der Waals surface area (Å²) in [7, 11) is 0. The maximum absolute atomic E-state index is 13.8. The SMILES string of the molecule is O=C(CCC1CCCCC1)Nc1ccc(N2CCOCC2)c(C(F)(F)F)c1Br. The topological polar surface area (TPSA) is 41.6 Å². The molecule has 4 nitrogen and oxygen atoms in total. The van der Waals surface area contributed by atoms with Crippen LogP contribution in [0.1, 0.15) is 50.5 Å². The van der Waals surface area contributed by atoms with Crippen LogP contribution in [0.25, 0.3) is 0 Å². The fourth-order valence-corrected chi connectivity index (χ4v) is 4.68. The normalized spacial score (nSPS) is 18.9. The lowest BCUT2D eigenvalue weighted by atomic mass is 9.86. The molecule has 0 unspecified atom stereocenters. The van der Waals surface area contributed by atoms with Gasteiger partial charge in [0.2, 0.25) is 5.91 Å². The molecular formula is C20H26BrF3N2O2. The molecule has 2 aliphatic rings. The van der Waals surface area contributed by atoms with E-state index in [1.54, 1.807) is 11.0 Å². The van der Waals surface area contributed by atoms with Gasteiger partial charge in [-0.3, -0.25) is 4.79 Å². The lowest BCUT2D eigenvalue weighted by molar-refractivity contribution is -0.137. The van der Waals surface area contributed by atoms with E-state index in [-0.39, 0.29) is 21.8 Å². The zero-order valence-corrected chi connectivity index (χ0v) is 17.4. The number of carbonyl (C=O) groups is 1. The van der Waals surface area contributed by atoms with Gasteiger partial charge in [0.1, 0.15) is 0 Å². The fraction of sp³-hybridized carbons (Fsp3) is 0.650. The van der Waals surface area contributed by atoms with Gasteiger partial charge in [-0.1, -0.05) is 32.1 Å². The summed E-state index contributed by atoms with van der Waals surface area (Å²) in [5.41, 5.74) is -0.472. The Morgan fingerprint density at radius 1 is 1.18 bits per heavy atom. The lowest BCUT2D eigenvalue weighted by Crippen LogP contribution is -2.37. The van der Waals surface area contributed by atoms with Crippen LogP contribution < -0.4 is 10.2 Å². The summed E-state index contributed by atoms with van der Waals surface area (Å²) in [6.07, 6.45) is 2.55. The van der Waals surface area contributed by atoms with Gasteiger partial charge in [0.25, 0.3) is 0 Å². The summed E-state index contributed by atoms with van der Waals surface area (Å²) >= 11 is 3.10. The van der Waals surface area contributed by atoms with Crippen LogP contribution in [-0.4, -0.2) is 32.2 Å². The first-order chi connectivity index (χ1) is 13.4. The zero-order valence-electron chi connectivity index (χ0n) is 15.8. The van der Waals surface area contributed by atoms with Crippen molar-refractivity contribution in [1.82, 2.24) is 0 Å². The van der Waals surface area contributed by atoms with Crippen molar-refractivity contribution < 1.29 is 22.7 Å². The number of benzene rings is 1. The lowest BCUT2D eigenvalue weighted by Gasteiger charge is -2.32. The van der Waals surface area contributed by atoms with Crippen LogP contribution in [0.2, 0.25) is 0 Å². The smallest absolute Gasteiger partial charge is 0.378 e. The molecule has 1 saturated heterocycles. The van der Waals surface area contributed by atoms with Crippen LogP contribution in [0.4, 0.5) is 24.5 Å². The molecule has 0 bridgehead atoms. The van der Waals surface area contributed by atoms with E-state index in [1.165, 1.54) is 25.3 Å². The molecule has 28 heavy (non-hydrogen) atoms. The van der Waals surface area contributed by atoms with Gasteiger partial charge in [-0.05, 0) is 40.4 Å². The number of morpholine rings is 1. The van der Waals surface area contributed by atoms with Crippen LogP contribution >= 0.6 is 15.9 Å². The molecule has 3 rings (SSSR count). The van der Waals surface area contributed by atoms with Gasteiger partial charge in [0.15, 0.2) is 0 Å². The second-order valence-electron chi connectivity index (χ2n) is 7.51. The number of hydrogen-bond donors (Lipinski definition) is 1. The van der Waals surface area contributed by atoms with E-state index in [0.717, 1.165) is 19.3 Å². The molecular weight excluding hydrogens is 437 g/mol. The predicted molar refractivity (Wildman–Crippen MR) is 107 cm³/mol. The van der Waals surface area contributed by atoms with E-state index >= 15 is 0 Å². The third kappa shape index (κ3) is 5.41. The number of rotatable bonds is 5. The maximum atomic E-state index is 13.8. The molecule has 8 heteroatoms. The summed E-state index contributed by atoms with van der Waals surface area (Å²) < 4.78 is 46.4. The third-order valence-corrected chi connectivity index (χ3v) is 6.36. The molecule has 1 aliphatic heterocycles. The standard InChI is InChI=1S/C20H26BrF3N2O2/c21-19-15(25-17(27)9-6-14-4-2-1-3-5-14)7-8-16(18(19)20(22,23)24)26-10-12-28-13-11-26/h7-8,14H,1-6,9-13H2,(H,25,27). The Balaban J connectivity index is 1.73. The highest BCUT2D eigenvalue weighted by molar-refractivity contribution is 9.10. The number of alkyl halides is 3. The molecule has 0 atom stereocenters. The van der Waals surface area contributed by atoms with Crippen LogP contribution in [0.5, 0.6) is 0 Å². The van der Waals surface area contributed by atoms with Crippen molar-refractivity contribution in [2.24, 2.45) is 5.92 Å². The van der Waals surface area contributed by atoms with Crippen molar-refractivity contribution in [3.05, 3.63) is 22.2 Å². The van der Waals surface area contributed by atoms with Crippen molar-refractivity contribution in [2.75, 3.05) is 36.5 Å². The first-order valence-corrected chi connectivity index (χ1v) is 10.7. The van der Waals surface area contributed by atoms with Crippen LogP contribution in [0.3, 0.4) is 0 Å². The molecule has 1 N–H and O–H groups in total. The number of hydrogen-bond acceptors (Lipinski definition) is 3. The van der Waals surface area contributed by atoms with Crippen molar-refractivity contribution in [1.29, 1.82) is 0 Å². The summed E-state index contributed by atoms with van der Waals surface area (Å²) in [4.78, 5) is 14.0. The molecule has 0 radical (unpaired) electrons. The first kappa shape index (κ1) is 21.4. The van der Waals surface area contributed by atoms with Crippen LogP contribution in [-0.2, 0) is 15.7 Å². The van der Waals surface area contributed by atoms with Gasteiger partial charge in [0.05, 0.1) is 34.6 Å². The molecule has 0 spiro atoms. The van der Waals surface area contributed by atoms with Gasteiger partial charge in [0, 0.05) is 19.5 Å². The second kappa shape index (κ2) is 9.48. The molecule has 1 amide bonds. The van der Waals surface area contributed by atoms with Crippen molar-refractivity contribution >= 4 is 33.2 Å². The van der Waals surface area contributed by atoms with Crippen LogP contribution in [0, 0.1) is 5.92 Å². The van der Waals surface area contributed by atoms with E-state index in [2.05, 4.69) is 21.2 Å². The number of nitrogens with one attached hydrogen (secondary N) is 1. The van der Waals surface area contributed by atoms with Crippen LogP contribution in [0.15, 0.2) is 16.6 Å². The quantitative estimate of drug-likeness (QED) is 0.618. The summed E-state index contributed by atoms with van der Waals surface area (Å²) in [5, 5.41) is 2.66. The average Bonchev–Trinajstić information content (AvgIpc) is 2.68. The Morgan fingerprint density at radius 3 is 2.50 bits per heavy atom. The molecule has 1 saturated carbocycles. The molecule has 1 aromatic rings. The van der Waals surface area contributed by atoms with Crippen molar-refractivity contribution in [3.8, 4) is 0 Å². The first-order valence-electron chi connectivity index (χ1n) is 9.88. The number of halogens is 4. The number of amides is 1. The Hall–Kier alpha value is -1.28. The third-order valence-electron chi connectivity index (χ3n) is 5.53. The minimum absolute atomic E-state index is 0.114. The molecule has 156 valence electrons. The van der Waals surface area contributed by atoms with E-state index < -0.39 is 11.7 Å². The van der Waals surface area contributed by atoms with Gasteiger partial charge in [-0.2, -0.15) is 13.2 Å². The van der Waals surface area contributed by atoms with E-state index in [9.17, 15) is 18.0 Å². The van der Waals surface area contributed by atoms with Crippen molar-refractivity contribution in [3.63, 3.8) is 0 Å². The minimum atomic E-state index is -4.53. The molecule has 2 fully saturated rings. The predicted octanol–water partition coefficient (Wildman–Crippen LogP) is 5.60. The Bertz CT molecular complexity index is 685. The van der Waals surface area contributed by atoms with Gasteiger partial charge < -0.3 is 15.0 Å². The summed E-state index contributed by atoms with van der Waals surface area (Å²) in [5.74, 6) is 0.316. The molecule has 1 aliphatic carbocycles. The largest absolute Gasteiger partial charge is 0.419 e. The van der Waals surface area contributed by atoms with E-state index in [4.69, 9.17) is 4.74 Å². The Labute approximate surface area is 171 Å². The minimum Gasteiger partial charge on any atom is -0.378 e. The summed E-state index contributed by atoms with van der Waals surface area (Å²) in [6.45, 7) is 1.61. The highest BCUT2D eigenvalue weighted by Gasteiger charge is 2.38. The highest BCUT2D eigenvalue weighted by Crippen LogP contribution is 2.44. The number of ether oxygens (including phenoxy) is 1. The Morgan fingerprint density at radius 2 is 1.86 bits per heavy atom. The number of anilines is 2. The average molecular weight is 463 g/mol. The zero-order chi connectivity index (χ0) is 20.1. The van der Waals surface area contributed by atoms with Gasteiger partial charge in [-0.25, -0.2) is 0 Å². The van der Waals surface area contributed by atoms with E-state index in [1.807, 2.05) is 0 Å². The second-order valence-corrected chi connectivity index (χ2v) is 8.30. The maximum Gasteiger partial charge on any atom is 0.419 e. The van der Waals surface area contributed by atoms with Crippen molar-refractivity contribution in [2.45, 2.75) is 51.1 Å². The number of carbonyl (C=O) groups excluding carboxylic acids is 1.